The molecule has 0 spiro atoms. The molecule has 1 aliphatic heterocycles. The first-order valence-electron chi connectivity index (χ1n) is 8.38. The van der Waals surface area contributed by atoms with Crippen LogP contribution in [0.5, 0.6) is 0 Å². The normalized spacial score (nSPS) is 19.8. The van der Waals surface area contributed by atoms with Crippen LogP contribution in [0.25, 0.3) is 0 Å². The Morgan fingerprint density at radius 1 is 1.08 bits per heavy atom. The fourth-order valence-corrected chi connectivity index (χ4v) is 4.38. The Hall–Kier alpha value is -1.95. The third kappa shape index (κ3) is 4.78. The van der Waals surface area contributed by atoms with Crippen LogP contribution in [0.4, 0.5) is 0 Å². The molecule has 5 heteroatoms. The van der Waals surface area contributed by atoms with Gasteiger partial charge in [0.15, 0.2) is 0 Å². The van der Waals surface area contributed by atoms with Gasteiger partial charge in [0.1, 0.15) is 0 Å². The van der Waals surface area contributed by atoms with Crippen molar-refractivity contribution in [2.75, 3.05) is 12.4 Å². The second-order valence-electron chi connectivity index (χ2n) is 6.31. The Morgan fingerprint density at radius 3 is 2.60 bits per heavy atom. The monoisotopic (exact) mass is 357 g/mol. The fraction of sp³-hybridized carbons (Fsp3) is 0.300. The summed E-state index contributed by atoms with van der Waals surface area (Å²) in [5.41, 5.74) is 3.20. The predicted octanol–water partition coefficient (Wildman–Crippen LogP) is 3.28. The minimum Gasteiger partial charge on any atom is -0.375 e. The average molecular weight is 357 g/mol. The smallest absolute Gasteiger partial charge is 0.218 e. The Labute approximate surface area is 149 Å². The van der Waals surface area contributed by atoms with Gasteiger partial charge in [0.2, 0.25) is 10.0 Å². The molecule has 1 aliphatic rings. The van der Waals surface area contributed by atoms with Gasteiger partial charge in [-0.2, -0.15) is 4.31 Å². The van der Waals surface area contributed by atoms with Crippen LogP contribution >= 0.6 is 0 Å². The lowest BCUT2D eigenvalue weighted by Gasteiger charge is -2.31. The minimum absolute atomic E-state index is 0.0496. The van der Waals surface area contributed by atoms with Crippen molar-refractivity contribution in [2.24, 2.45) is 0 Å². The van der Waals surface area contributed by atoms with E-state index in [-0.39, 0.29) is 11.8 Å². The number of rotatable bonds is 6. The van der Waals surface area contributed by atoms with Crippen molar-refractivity contribution in [3.05, 3.63) is 83.4 Å². The molecule has 0 unspecified atom stereocenters. The Bertz CT molecular complexity index is 831. The zero-order valence-electron chi connectivity index (χ0n) is 14.3. The van der Waals surface area contributed by atoms with E-state index >= 15 is 0 Å². The van der Waals surface area contributed by atoms with Gasteiger partial charge in [-0.25, -0.2) is 8.42 Å². The highest BCUT2D eigenvalue weighted by molar-refractivity contribution is 7.89. The molecule has 0 amide bonds. The topological polar surface area (TPSA) is 46.6 Å². The number of hydrogen-bond donors (Lipinski definition) is 0. The van der Waals surface area contributed by atoms with Crippen molar-refractivity contribution in [3.8, 4) is 0 Å². The van der Waals surface area contributed by atoms with Crippen LogP contribution in [0.2, 0.25) is 0 Å². The molecule has 0 aromatic heterocycles. The summed E-state index contributed by atoms with van der Waals surface area (Å²) in [7, 11) is -3.31. The number of hydrogen-bond acceptors (Lipinski definition) is 3. The SMILES string of the molecule is Cc1cccc(CN2[C@H](COCc3ccccc3)C=CCS2(=O)=O)c1. The molecular weight excluding hydrogens is 334 g/mol. The first-order chi connectivity index (χ1) is 12.0. The van der Waals surface area contributed by atoms with Gasteiger partial charge in [0, 0.05) is 6.54 Å². The van der Waals surface area contributed by atoms with Gasteiger partial charge in [-0.3, -0.25) is 0 Å². The summed E-state index contributed by atoms with van der Waals surface area (Å²) in [5.74, 6) is 0.0496. The number of sulfonamides is 1. The fourth-order valence-electron chi connectivity index (χ4n) is 2.95. The molecule has 0 N–H and O–H groups in total. The van der Waals surface area contributed by atoms with Gasteiger partial charge in [0.05, 0.1) is 25.0 Å². The van der Waals surface area contributed by atoms with E-state index in [1.807, 2.05) is 67.6 Å². The molecule has 0 radical (unpaired) electrons. The van der Waals surface area contributed by atoms with Crippen molar-refractivity contribution < 1.29 is 13.2 Å². The van der Waals surface area contributed by atoms with Gasteiger partial charge in [-0.05, 0) is 18.1 Å². The third-order valence-electron chi connectivity index (χ3n) is 4.21. The van der Waals surface area contributed by atoms with Gasteiger partial charge < -0.3 is 4.74 Å². The lowest BCUT2D eigenvalue weighted by molar-refractivity contribution is 0.0889. The van der Waals surface area contributed by atoms with Gasteiger partial charge in [0.25, 0.3) is 0 Å². The summed E-state index contributed by atoms with van der Waals surface area (Å²) in [4.78, 5) is 0. The molecule has 0 saturated heterocycles. The second kappa shape index (κ2) is 7.95. The lowest BCUT2D eigenvalue weighted by atomic mass is 10.1. The van der Waals surface area contributed by atoms with Gasteiger partial charge in [-0.1, -0.05) is 72.3 Å². The highest BCUT2D eigenvalue weighted by atomic mass is 32.2. The molecule has 2 aromatic carbocycles. The quantitative estimate of drug-likeness (QED) is 0.746. The molecule has 1 heterocycles. The van der Waals surface area contributed by atoms with Gasteiger partial charge in [-0.15, -0.1) is 0 Å². The number of nitrogens with zero attached hydrogens (tertiary/aromatic N) is 1. The highest BCUT2D eigenvalue weighted by Crippen LogP contribution is 2.20. The van der Waals surface area contributed by atoms with E-state index in [1.165, 1.54) is 0 Å². The zero-order chi connectivity index (χ0) is 17.7. The van der Waals surface area contributed by atoms with Crippen molar-refractivity contribution in [1.82, 2.24) is 4.31 Å². The number of ether oxygens (including phenoxy) is 1. The second-order valence-corrected chi connectivity index (χ2v) is 8.28. The Balaban J connectivity index is 1.69. The van der Waals surface area contributed by atoms with E-state index in [1.54, 1.807) is 10.4 Å². The Morgan fingerprint density at radius 2 is 1.84 bits per heavy atom. The lowest BCUT2D eigenvalue weighted by Crippen LogP contribution is -2.44. The number of benzene rings is 2. The maximum Gasteiger partial charge on any atom is 0.218 e. The molecule has 4 nitrogen and oxygen atoms in total. The molecule has 3 rings (SSSR count). The summed E-state index contributed by atoms with van der Waals surface area (Å²) in [6.07, 6.45) is 3.65. The molecule has 0 bridgehead atoms. The molecule has 0 fully saturated rings. The van der Waals surface area contributed by atoms with Crippen molar-refractivity contribution in [1.29, 1.82) is 0 Å². The highest BCUT2D eigenvalue weighted by Gasteiger charge is 2.31. The third-order valence-corrected chi connectivity index (χ3v) is 5.94. The molecule has 1 atom stereocenters. The largest absolute Gasteiger partial charge is 0.375 e. The molecule has 132 valence electrons. The standard InChI is InChI=1S/C20H23NO3S/c1-17-7-5-10-19(13-17)14-21-20(11-6-12-25(21,22)23)16-24-15-18-8-3-2-4-9-18/h2-11,13,20H,12,14-16H2,1H3/t20-/m0/s1. The summed E-state index contributed by atoms with van der Waals surface area (Å²) >= 11 is 0. The van der Waals surface area contributed by atoms with Crippen LogP contribution in [-0.4, -0.2) is 31.1 Å². The van der Waals surface area contributed by atoms with E-state index < -0.39 is 10.0 Å². The maximum atomic E-state index is 12.5. The minimum atomic E-state index is -3.31. The van der Waals surface area contributed by atoms with Crippen LogP contribution in [0.15, 0.2) is 66.7 Å². The molecule has 25 heavy (non-hydrogen) atoms. The summed E-state index contributed by atoms with van der Waals surface area (Å²) < 4.78 is 32.4. The summed E-state index contributed by atoms with van der Waals surface area (Å²) in [6.45, 7) is 3.20. The molecule has 2 aromatic rings. The van der Waals surface area contributed by atoms with E-state index in [4.69, 9.17) is 4.74 Å². The molecule has 0 saturated carbocycles. The zero-order valence-corrected chi connectivity index (χ0v) is 15.2. The van der Waals surface area contributed by atoms with E-state index in [9.17, 15) is 8.42 Å². The van der Waals surface area contributed by atoms with E-state index in [2.05, 4.69) is 0 Å². The van der Waals surface area contributed by atoms with Crippen LogP contribution < -0.4 is 0 Å². The summed E-state index contributed by atoms with van der Waals surface area (Å²) in [5, 5.41) is 0. The Kier molecular flexibility index (Phi) is 5.68. The molecule has 0 aliphatic carbocycles. The first-order valence-corrected chi connectivity index (χ1v) is 9.99. The maximum absolute atomic E-state index is 12.5. The van der Waals surface area contributed by atoms with Crippen molar-refractivity contribution in [2.45, 2.75) is 26.1 Å². The van der Waals surface area contributed by atoms with Crippen LogP contribution in [0.1, 0.15) is 16.7 Å². The number of aryl methyl sites for hydroxylation is 1. The van der Waals surface area contributed by atoms with E-state index in [0.717, 1.165) is 16.7 Å². The van der Waals surface area contributed by atoms with E-state index in [0.29, 0.717) is 19.8 Å². The first kappa shape index (κ1) is 17.9. The van der Waals surface area contributed by atoms with Crippen molar-refractivity contribution in [3.63, 3.8) is 0 Å². The van der Waals surface area contributed by atoms with Gasteiger partial charge >= 0.3 is 0 Å². The van der Waals surface area contributed by atoms with Crippen LogP contribution in [0, 0.1) is 6.92 Å². The van der Waals surface area contributed by atoms with Crippen molar-refractivity contribution >= 4 is 10.0 Å². The predicted molar refractivity (Wildman–Crippen MR) is 99.5 cm³/mol. The summed E-state index contributed by atoms with van der Waals surface area (Å²) in [6, 6.07) is 17.6. The van der Waals surface area contributed by atoms with Crippen LogP contribution in [0.3, 0.4) is 0 Å². The molecular formula is C20H23NO3S. The van der Waals surface area contributed by atoms with Crippen LogP contribution in [-0.2, 0) is 27.9 Å². The average Bonchev–Trinajstić information content (AvgIpc) is 2.59.